The number of rotatable bonds is 55. The molecule has 0 spiro atoms. The summed E-state index contributed by atoms with van der Waals surface area (Å²) in [4.78, 5) is 38.1. The van der Waals surface area contributed by atoms with Crippen molar-refractivity contribution in [3.05, 3.63) is 48.6 Å². The Bertz CT molecular complexity index is 1200. The van der Waals surface area contributed by atoms with E-state index in [-0.39, 0.29) is 31.1 Å². The van der Waals surface area contributed by atoms with Crippen LogP contribution >= 0.6 is 0 Å². The molecule has 0 N–H and O–H groups in total. The Balaban J connectivity index is 4.16. The van der Waals surface area contributed by atoms with Crippen molar-refractivity contribution in [1.82, 2.24) is 0 Å². The lowest BCUT2D eigenvalue weighted by molar-refractivity contribution is -0.167. The first-order valence-electron chi connectivity index (χ1n) is 30.1. The summed E-state index contributed by atoms with van der Waals surface area (Å²) in [5, 5.41) is 0. The fourth-order valence-electron chi connectivity index (χ4n) is 8.81. The first-order chi connectivity index (χ1) is 34.0. The van der Waals surface area contributed by atoms with Gasteiger partial charge in [-0.15, -0.1) is 0 Å². The normalized spacial score (nSPS) is 12.3. The van der Waals surface area contributed by atoms with Crippen molar-refractivity contribution in [2.24, 2.45) is 0 Å². The van der Waals surface area contributed by atoms with Crippen molar-refractivity contribution < 1.29 is 28.6 Å². The number of unbranched alkanes of at least 4 members (excludes halogenated alkanes) is 36. The van der Waals surface area contributed by atoms with Crippen molar-refractivity contribution in [3.63, 3.8) is 0 Å². The highest BCUT2D eigenvalue weighted by molar-refractivity contribution is 5.71. The van der Waals surface area contributed by atoms with Gasteiger partial charge >= 0.3 is 17.9 Å². The van der Waals surface area contributed by atoms with E-state index < -0.39 is 6.10 Å². The van der Waals surface area contributed by atoms with Crippen LogP contribution in [-0.4, -0.2) is 37.2 Å². The van der Waals surface area contributed by atoms with E-state index in [4.69, 9.17) is 14.2 Å². The summed E-state index contributed by atoms with van der Waals surface area (Å²) in [6.45, 7) is 6.53. The van der Waals surface area contributed by atoms with Crippen LogP contribution in [0.4, 0.5) is 0 Å². The van der Waals surface area contributed by atoms with E-state index >= 15 is 0 Å². The quantitative estimate of drug-likeness (QED) is 0.0262. The van der Waals surface area contributed by atoms with Crippen molar-refractivity contribution >= 4 is 17.9 Å². The monoisotopic (exact) mass is 967 g/mol. The van der Waals surface area contributed by atoms with Gasteiger partial charge in [0, 0.05) is 19.3 Å². The molecule has 0 bridgehead atoms. The highest BCUT2D eigenvalue weighted by Crippen LogP contribution is 2.17. The molecule has 0 heterocycles. The van der Waals surface area contributed by atoms with Crippen LogP contribution in [0, 0.1) is 0 Å². The van der Waals surface area contributed by atoms with Gasteiger partial charge in [0.2, 0.25) is 0 Å². The highest BCUT2D eigenvalue weighted by atomic mass is 16.6. The van der Waals surface area contributed by atoms with E-state index in [1.165, 1.54) is 193 Å². The average molecular weight is 968 g/mol. The van der Waals surface area contributed by atoms with Crippen LogP contribution in [0.25, 0.3) is 0 Å². The third kappa shape index (κ3) is 56.2. The molecule has 0 aromatic rings. The average Bonchev–Trinajstić information content (AvgIpc) is 3.35. The summed E-state index contributed by atoms with van der Waals surface area (Å²) in [7, 11) is 0. The van der Waals surface area contributed by atoms with Crippen LogP contribution in [0.15, 0.2) is 48.6 Å². The predicted octanol–water partition coefficient (Wildman–Crippen LogP) is 20.2. The van der Waals surface area contributed by atoms with Gasteiger partial charge in [0.05, 0.1) is 0 Å². The summed E-state index contributed by atoms with van der Waals surface area (Å²) >= 11 is 0. The number of carbonyl (C=O) groups is 3. The first kappa shape index (κ1) is 66.4. The minimum atomic E-state index is -0.784. The molecule has 0 aliphatic carbocycles. The lowest BCUT2D eigenvalue weighted by atomic mass is 10.0. The molecule has 0 fully saturated rings. The van der Waals surface area contributed by atoms with Gasteiger partial charge in [-0.1, -0.05) is 268 Å². The maximum Gasteiger partial charge on any atom is 0.306 e. The van der Waals surface area contributed by atoms with E-state index in [0.29, 0.717) is 19.3 Å². The molecular formula is C63H114O6. The predicted molar refractivity (Wildman–Crippen MR) is 298 cm³/mol. The molecule has 6 nitrogen and oxygen atoms in total. The van der Waals surface area contributed by atoms with Crippen LogP contribution in [0.1, 0.15) is 316 Å². The van der Waals surface area contributed by atoms with Gasteiger partial charge in [0.15, 0.2) is 6.10 Å². The molecule has 0 saturated carbocycles. The van der Waals surface area contributed by atoms with Crippen molar-refractivity contribution in [2.45, 2.75) is 322 Å². The molecule has 6 heteroatoms. The zero-order chi connectivity index (χ0) is 50.0. The summed E-state index contributed by atoms with van der Waals surface area (Å²) in [5.74, 6) is -0.898. The molecule has 0 amide bonds. The summed E-state index contributed by atoms with van der Waals surface area (Å²) in [5.41, 5.74) is 0. The molecule has 0 aliphatic heterocycles. The Hall–Kier alpha value is -2.63. The lowest BCUT2D eigenvalue weighted by Crippen LogP contribution is -2.30. The summed E-state index contributed by atoms with van der Waals surface area (Å²) in [6.07, 6.45) is 71.3. The van der Waals surface area contributed by atoms with Crippen LogP contribution in [0.3, 0.4) is 0 Å². The van der Waals surface area contributed by atoms with Gasteiger partial charge < -0.3 is 14.2 Å². The second kappa shape index (κ2) is 57.9. The second-order valence-electron chi connectivity index (χ2n) is 20.2. The van der Waals surface area contributed by atoms with Gasteiger partial charge in [-0.2, -0.15) is 0 Å². The smallest absolute Gasteiger partial charge is 0.306 e. The Morgan fingerprint density at radius 1 is 0.304 bits per heavy atom. The van der Waals surface area contributed by atoms with Crippen LogP contribution in [0.5, 0.6) is 0 Å². The molecule has 1 unspecified atom stereocenters. The second-order valence-corrected chi connectivity index (χ2v) is 20.2. The number of allylic oxidation sites excluding steroid dienone is 8. The van der Waals surface area contributed by atoms with E-state index in [1.807, 2.05) is 0 Å². The third-order valence-corrected chi connectivity index (χ3v) is 13.3. The maximum atomic E-state index is 12.8. The van der Waals surface area contributed by atoms with E-state index in [1.54, 1.807) is 0 Å². The molecular weight excluding hydrogens is 853 g/mol. The lowest BCUT2D eigenvalue weighted by Gasteiger charge is -2.18. The minimum Gasteiger partial charge on any atom is -0.462 e. The Labute approximate surface area is 428 Å². The topological polar surface area (TPSA) is 78.9 Å². The molecule has 1 atom stereocenters. The highest BCUT2D eigenvalue weighted by Gasteiger charge is 2.19. The van der Waals surface area contributed by atoms with Crippen LogP contribution < -0.4 is 0 Å². The minimum absolute atomic E-state index is 0.0816. The Morgan fingerprint density at radius 3 is 0.913 bits per heavy atom. The zero-order valence-corrected chi connectivity index (χ0v) is 46.1. The van der Waals surface area contributed by atoms with Gasteiger partial charge in [-0.05, 0) is 77.0 Å². The van der Waals surface area contributed by atoms with E-state index in [2.05, 4.69) is 69.4 Å². The molecule has 0 aliphatic rings. The van der Waals surface area contributed by atoms with Crippen molar-refractivity contribution in [2.75, 3.05) is 13.2 Å². The van der Waals surface area contributed by atoms with Gasteiger partial charge in [0.25, 0.3) is 0 Å². The fourth-order valence-corrected chi connectivity index (χ4v) is 8.81. The van der Waals surface area contributed by atoms with Crippen molar-refractivity contribution in [3.8, 4) is 0 Å². The number of hydrogen-bond donors (Lipinski definition) is 0. The first-order valence-corrected chi connectivity index (χ1v) is 30.1. The van der Waals surface area contributed by atoms with E-state index in [0.717, 1.165) is 83.5 Å². The van der Waals surface area contributed by atoms with Gasteiger partial charge in [0.1, 0.15) is 13.2 Å². The van der Waals surface area contributed by atoms with E-state index in [9.17, 15) is 14.4 Å². The van der Waals surface area contributed by atoms with Gasteiger partial charge in [-0.3, -0.25) is 14.4 Å². The number of carbonyl (C=O) groups excluding carboxylic acids is 3. The molecule has 0 rings (SSSR count). The zero-order valence-electron chi connectivity index (χ0n) is 46.1. The third-order valence-electron chi connectivity index (χ3n) is 13.3. The molecule has 0 radical (unpaired) electrons. The number of esters is 3. The SMILES string of the molecule is CC/C=C\C/C=C\C/C=C\CCCCCC(=O)OC(COC(=O)CCCCCCCCCCCCC)COC(=O)CCCCCCCCCCCCCCCCC/C=C\CCCCCCCCCC. The largest absolute Gasteiger partial charge is 0.462 e. The molecule has 0 aromatic carbocycles. The van der Waals surface area contributed by atoms with Crippen LogP contribution in [0.2, 0.25) is 0 Å². The molecule has 0 aromatic heterocycles. The molecule has 69 heavy (non-hydrogen) atoms. The molecule has 402 valence electrons. The summed E-state index contributed by atoms with van der Waals surface area (Å²) in [6, 6.07) is 0. The Kier molecular flexibility index (Phi) is 55.7. The number of hydrogen-bond acceptors (Lipinski definition) is 6. The summed E-state index contributed by atoms with van der Waals surface area (Å²) < 4.78 is 16.8. The van der Waals surface area contributed by atoms with Crippen molar-refractivity contribution in [1.29, 1.82) is 0 Å². The van der Waals surface area contributed by atoms with Crippen LogP contribution in [-0.2, 0) is 28.6 Å². The fraction of sp³-hybridized carbons (Fsp3) is 0.825. The standard InChI is InChI=1S/C63H114O6/c1-4-7-10-13-16-19-22-24-25-26-27-28-29-30-31-32-33-34-35-36-37-39-41-44-47-50-53-56-62(65)68-59-60(58-67-61(64)55-52-49-46-43-40-21-18-15-12-9-6-3)69-63(66)57-54-51-48-45-42-38-23-20-17-14-11-8-5-2/h8,11,17,20,26-27,38,42,60H,4-7,9-10,12-16,18-19,21-25,28-37,39-41,43-59H2,1-3H3/b11-8-,20-17-,27-26-,42-38-. The maximum absolute atomic E-state index is 12.8. The Morgan fingerprint density at radius 2 is 0.565 bits per heavy atom. The molecule has 0 saturated heterocycles. The van der Waals surface area contributed by atoms with Gasteiger partial charge in [-0.25, -0.2) is 0 Å². The number of ether oxygens (including phenoxy) is 3.